The first kappa shape index (κ1) is 28.2. The lowest BCUT2D eigenvalue weighted by Gasteiger charge is -2.14. The molecule has 0 spiro atoms. The van der Waals surface area contributed by atoms with Gasteiger partial charge in [-0.05, 0) is 97.3 Å². The van der Waals surface area contributed by atoms with Gasteiger partial charge in [-0.1, -0.05) is 29.8 Å². The van der Waals surface area contributed by atoms with Gasteiger partial charge in [0.05, 0.1) is 18.1 Å². The number of rotatable bonds is 9. The lowest BCUT2D eigenvalue weighted by molar-refractivity contribution is -0.123. The third-order valence-corrected chi connectivity index (χ3v) is 7.19. The number of benzene rings is 3. The number of thioether (sulfide) groups is 1. The predicted molar refractivity (Wildman–Crippen MR) is 151 cm³/mol. The van der Waals surface area contributed by atoms with E-state index >= 15 is 0 Å². The molecule has 0 unspecified atom stereocenters. The first-order valence-corrected chi connectivity index (χ1v) is 13.3. The maximum atomic E-state index is 13.4. The molecular formula is C29H26ClFN2O5S. The van der Waals surface area contributed by atoms with Crippen molar-refractivity contribution in [2.45, 2.75) is 27.3 Å². The number of aryl methyl sites for hydroxylation is 2. The molecule has 0 radical (unpaired) electrons. The van der Waals surface area contributed by atoms with Crippen molar-refractivity contribution >= 4 is 52.2 Å². The number of hydrogen-bond donors (Lipinski definition) is 1. The van der Waals surface area contributed by atoms with Gasteiger partial charge >= 0.3 is 0 Å². The number of anilines is 1. The molecule has 1 N–H and O–H groups in total. The van der Waals surface area contributed by atoms with E-state index in [-0.39, 0.29) is 29.0 Å². The molecule has 1 aliphatic heterocycles. The number of carbonyl (C=O) groups is 3. The van der Waals surface area contributed by atoms with Gasteiger partial charge in [0.1, 0.15) is 5.82 Å². The van der Waals surface area contributed by atoms with Gasteiger partial charge in [-0.25, -0.2) is 4.39 Å². The molecule has 4 rings (SSSR count). The van der Waals surface area contributed by atoms with Crippen molar-refractivity contribution in [1.29, 1.82) is 0 Å². The minimum absolute atomic E-state index is 0.0671. The highest BCUT2D eigenvalue weighted by molar-refractivity contribution is 8.18. The second kappa shape index (κ2) is 12.4. The molecule has 0 aromatic heterocycles. The minimum Gasteiger partial charge on any atom is -0.490 e. The Labute approximate surface area is 234 Å². The molecule has 1 aliphatic rings. The highest BCUT2D eigenvalue weighted by Crippen LogP contribution is 2.36. The largest absolute Gasteiger partial charge is 0.490 e. The first-order valence-electron chi connectivity index (χ1n) is 12.1. The molecule has 39 heavy (non-hydrogen) atoms. The van der Waals surface area contributed by atoms with Crippen molar-refractivity contribution in [3.63, 3.8) is 0 Å². The smallest absolute Gasteiger partial charge is 0.293 e. The van der Waals surface area contributed by atoms with Gasteiger partial charge in [0, 0.05) is 10.7 Å². The summed E-state index contributed by atoms with van der Waals surface area (Å²) in [6.07, 6.45) is 1.58. The van der Waals surface area contributed by atoms with Crippen LogP contribution in [0.4, 0.5) is 14.9 Å². The zero-order valence-corrected chi connectivity index (χ0v) is 23.1. The van der Waals surface area contributed by atoms with E-state index in [1.807, 2.05) is 39.0 Å². The minimum atomic E-state index is -0.503. The predicted octanol–water partition coefficient (Wildman–Crippen LogP) is 6.75. The number of nitrogens with one attached hydrogen (secondary N) is 1. The number of imide groups is 1. The summed E-state index contributed by atoms with van der Waals surface area (Å²) in [5, 5.41) is 2.49. The average Bonchev–Trinajstić information content (AvgIpc) is 3.14. The van der Waals surface area contributed by atoms with Crippen LogP contribution in [-0.2, 0) is 16.1 Å². The summed E-state index contributed by atoms with van der Waals surface area (Å²) >= 11 is 6.87. The van der Waals surface area contributed by atoms with Gasteiger partial charge in [0.15, 0.2) is 18.1 Å². The molecule has 1 fully saturated rings. The number of hydrogen-bond acceptors (Lipinski definition) is 6. The molecule has 3 amide bonds. The van der Waals surface area contributed by atoms with Crippen LogP contribution in [0.5, 0.6) is 11.5 Å². The summed E-state index contributed by atoms with van der Waals surface area (Å²) in [6, 6.07) is 14.5. The molecule has 202 valence electrons. The Morgan fingerprint density at radius 3 is 2.54 bits per heavy atom. The summed E-state index contributed by atoms with van der Waals surface area (Å²) in [5.74, 6) is -0.547. The SMILES string of the molecule is CCOc1cc(/C=C2\SC(=O)N(Cc3ccc(F)cc3Cl)C2=O)ccc1OCC(=O)Nc1ccc(C)c(C)c1. The van der Waals surface area contributed by atoms with Crippen LogP contribution in [-0.4, -0.2) is 35.2 Å². The maximum Gasteiger partial charge on any atom is 0.293 e. The Bertz CT molecular complexity index is 1480. The van der Waals surface area contributed by atoms with E-state index in [0.717, 1.165) is 33.9 Å². The van der Waals surface area contributed by atoms with Crippen LogP contribution < -0.4 is 14.8 Å². The van der Waals surface area contributed by atoms with E-state index in [2.05, 4.69) is 5.32 Å². The topological polar surface area (TPSA) is 84.9 Å². The quantitative estimate of drug-likeness (QED) is 0.287. The number of ether oxygens (including phenoxy) is 2. The van der Waals surface area contributed by atoms with Crippen molar-refractivity contribution in [3.05, 3.63) is 92.6 Å². The van der Waals surface area contributed by atoms with Crippen LogP contribution >= 0.6 is 23.4 Å². The van der Waals surface area contributed by atoms with E-state index in [4.69, 9.17) is 21.1 Å². The second-order valence-corrected chi connectivity index (χ2v) is 10.2. The van der Waals surface area contributed by atoms with Gasteiger partial charge in [0.25, 0.3) is 17.1 Å². The number of carbonyl (C=O) groups excluding carboxylic acids is 3. The highest BCUT2D eigenvalue weighted by atomic mass is 35.5. The van der Waals surface area contributed by atoms with Gasteiger partial charge in [0.2, 0.25) is 0 Å². The average molecular weight is 569 g/mol. The van der Waals surface area contributed by atoms with Crippen molar-refractivity contribution in [2.24, 2.45) is 0 Å². The fourth-order valence-electron chi connectivity index (χ4n) is 3.77. The summed E-state index contributed by atoms with van der Waals surface area (Å²) < 4.78 is 24.8. The van der Waals surface area contributed by atoms with Crippen LogP contribution in [0.1, 0.15) is 29.2 Å². The summed E-state index contributed by atoms with van der Waals surface area (Å²) in [4.78, 5) is 39.2. The molecule has 3 aromatic rings. The Morgan fingerprint density at radius 1 is 1.03 bits per heavy atom. The van der Waals surface area contributed by atoms with Gasteiger partial charge in [-0.2, -0.15) is 0 Å². The zero-order valence-electron chi connectivity index (χ0n) is 21.5. The molecule has 3 aromatic carbocycles. The molecule has 0 aliphatic carbocycles. The van der Waals surface area contributed by atoms with E-state index in [1.54, 1.807) is 24.3 Å². The molecular weight excluding hydrogens is 543 g/mol. The van der Waals surface area contributed by atoms with Crippen LogP contribution in [0.15, 0.2) is 59.5 Å². The Balaban J connectivity index is 1.44. The molecule has 10 heteroatoms. The number of amides is 3. The summed E-state index contributed by atoms with van der Waals surface area (Å²) in [7, 11) is 0. The highest BCUT2D eigenvalue weighted by Gasteiger charge is 2.35. The molecule has 1 heterocycles. The standard InChI is InChI=1S/C29H26ClFN2O5S/c1-4-37-25-12-19(6-10-24(25)38-16-27(34)32-22-9-5-17(2)18(3)11-22)13-26-28(35)33(29(36)39-26)15-20-7-8-21(31)14-23(20)30/h5-14H,4,15-16H2,1-3H3,(H,32,34)/b26-13-. The molecule has 0 atom stereocenters. The van der Waals surface area contributed by atoms with Gasteiger partial charge in [-0.3, -0.25) is 19.3 Å². The van der Waals surface area contributed by atoms with Crippen LogP contribution in [0.3, 0.4) is 0 Å². The summed E-state index contributed by atoms with van der Waals surface area (Å²) in [5.41, 5.74) is 3.95. The molecule has 0 saturated carbocycles. The third kappa shape index (κ3) is 6.99. The molecule has 1 saturated heterocycles. The van der Waals surface area contributed by atoms with Crippen molar-refractivity contribution < 1.29 is 28.2 Å². The number of halogens is 2. The van der Waals surface area contributed by atoms with E-state index < -0.39 is 17.0 Å². The van der Waals surface area contributed by atoms with Crippen LogP contribution in [0, 0.1) is 19.7 Å². The number of nitrogens with zero attached hydrogens (tertiary/aromatic N) is 1. The van der Waals surface area contributed by atoms with Crippen molar-refractivity contribution in [2.75, 3.05) is 18.5 Å². The van der Waals surface area contributed by atoms with Gasteiger partial charge < -0.3 is 14.8 Å². The third-order valence-electron chi connectivity index (χ3n) is 5.93. The van der Waals surface area contributed by atoms with E-state index in [0.29, 0.717) is 34.9 Å². The van der Waals surface area contributed by atoms with Crippen molar-refractivity contribution in [1.82, 2.24) is 4.90 Å². The lowest BCUT2D eigenvalue weighted by Crippen LogP contribution is -2.27. The van der Waals surface area contributed by atoms with E-state index in [1.165, 1.54) is 12.1 Å². The Hall–Kier alpha value is -3.82. The maximum absolute atomic E-state index is 13.4. The van der Waals surface area contributed by atoms with E-state index in [9.17, 15) is 18.8 Å². The fraction of sp³-hybridized carbons (Fsp3) is 0.207. The fourth-order valence-corrected chi connectivity index (χ4v) is 4.83. The lowest BCUT2D eigenvalue weighted by atomic mass is 10.1. The second-order valence-electron chi connectivity index (χ2n) is 8.78. The molecule has 7 nitrogen and oxygen atoms in total. The van der Waals surface area contributed by atoms with Crippen LogP contribution in [0.2, 0.25) is 5.02 Å². The summed E-state index contributed by atoms with van der Waals surface area (Å²) in [6.45, 7) is 5.84. The van der Waals surface area contributed by atoms with Crippen molar-refractivity contribution in [3.8, 4) is 11.5 Å². The molecule has 0 bridgehead atoms. The van der Waals surface area contributed by atoms with Crippen LogP contribution in [0.25, 0.3) is 6.08 Å². The first-order chi connectivity index (χ1) is 18.6. The Kier molecular flexibility index (Phi) is 8.93. The normalized spacial score (nSPS) is 14.2. The van der Waals surface area contributed by atoms with Gasteiger partial charge in [-0.15, -0.1) is 0 Å². The monoisotopic (exact) mass is 568 g/mol. The Morgan fingerprint density at radius 2 is 1.82 bits per heavy atom. The zero-order chi connectivity index (χ0) is 28.1.